The van der Waals surface area contributed by atoms with Gasteiger partial charge in [-0.2, -0.15) is 16.0 Å². The van der Waals surface area contributed by atoms with Crippen LogP contribution in [0.3, 0.4) is 0 Å². The standard InChI is InChI=1S/C17H19N5OS/c1-12-3-5-15(6-4-12)22-17(18-19-20-22)21-9-13(2)23-16(10-21)14-7-8-24-11-14/h3-8,11,13,16H,9-10H2,1-2H3. The summed E-state index contributed by atoms with van der Waals surface area (Å²) in [6.07, 6.45) is 0.162. The largest absolute Gasteiger partial charge is 0.367 e. The first kappa shape index (κ1) is 15.3. The molecule has 7 heteroatoms. The van der Waals surface area contributed by atoms with Crippen LogP contribution >= 0.6 is 11.3 Å². The van der Waals surface area contributed by atoms with E-state index < -0.39 is 0 Å². The van der Waals surface area contributed by atoms with Crippen molar-refractivity contribution in [2.75, 3.05) is 18.0 Å². The van der Waals surface area contributed by atoms with Crippen molar-refractivity contribution in [1.29, 1.82) is 0 Å². The summed E-state index contributed by atoms with van der Waals surface area (Å²) in [5.74, 6) is 0.759. The van der Waals surface area contributed by atoms with Crippen molar-refractivity contribution in [1.82, 2.24) is 20.2 Å². The van der Waals surface area contributed by atoms with Gasteiger partial charge in [0.1, 0.15) is 6.10 Å². The highest BCUT2D eigenvalue weighted by Gasteiger charge is 2.30. The summed E-state index contributed by atoms with van der Waals surface area (Å²) in [4.78, 5) is 2.20. The maximum absolute atomic E-state index is 6.11. The van der Waals surface area contributed by atoms with E-state index in [2.05, 4.69) is 63.2 Å². The van der Waals surface area contributed by atoms with Crippen LogP contribution in [-0.4, -0.2) is 39.4 Å². The number of hydrogen-bond donors (Lipinski definition) is 0. The molecule has 0 saturated carbocycles. The second-order valence-corrected chi connectivity index (χ2v) is 6.90. The first-order chi connectivity index (χ1) is 11.7. The van der Waals surface area contributed by atoms with E-state index in [-0.39, 0.29) is 12.2 Å². The predicted octanol–water partition coefficient (Wildman–Crippen LogP) is 3.00. The molecule has 6 nitrogen and oxygen atoms in total. The fourth-order valence-electron chi connectivity index (χ4n) is 2.99. The number of aromatic nitrogens is 4. The molecule has 1 aromatic carbocycles. The van der Waals surface area contributed by atoms with Gasteiger partial charge in [0.25, 0.3) is 5.95 Å². The second kappa shape index (κ2) is 6.33. The summed E-state index contributed by atoms with van der Waals surface area (Å²) in [6.45, 7) is 5.67. The summed E-state index contributed by atoms with van der Waals surface area (Å²) in [5.41, 5.74) is 3.39. The Morgan fingerprint density at radius 2 is 2.00 bits per heavy atom. The van der Waals surface area contributed by atoms with Gasteiger partial charge in [0.15, 0.2) is 0 Å². The molecule has 124 valence electrons. The molecule has 4 rings (SSSR count). The lowest BCUT2D eigenvalue weighted by Gasteiger charge is -2.36. The van der Waals surface area contributed by atoms with Crippen LogP contribution in [0.15, 0.2) is 41.1 Å². The molecule has 0 spiro atoms. The molecule has 1 aliphatic rings. The lowest BCUT2D eigenvalue weighted by molar-refractivity contribution is -0.0177. The van der Waals surface area contributed by atoms with Crippen LogP contribution in [0.4, 0.5) is 5.95 Å². The molecule has 24 heavy (non-hydrogen) atoms. The zero-order valence-corrected chi connectivity index (χ0v) is 14.5. The summed E-state index contributed by atoms with van der Waals surface area (Å²) >= 11 is 1.69. The lowest BCUT2D eigenvalue weighted by atomic mass is 10.1. The van der Waals surface area contributed by atoms with Crippen molar-refractivity contribution in [3.63, 3.8) is 0 Å². The minimum absolute atomic E-state index is 0.0446. The molecule has 3 aromatic rings. The van der Waals surface area contributed by atoms with Crippen molar-refractivity contribution >= 4 is 17.3 Å². The summed E-state index contributed by atoms with van der Waals surface area (Å²) in [5, 5.41) is 16.6. The number of nitrogens with zero attached hydrogens (tertiary/aromatic N) is 5. The van der Waals surface area contributed by atoms with E-state index in [1.165, 1.54) is 11.1 Å². The van der Waals surface area contributed by atoms with E-state index in [0.29, 0.717) is 0 Å². The molecule has 0 amide bonds. The number of ether oxygens (including phenoxy) is 1. The SMILES string of the molecule is Cc1ccc(-n2nnnc2N2CC(C)OC(c3ccsc3)C2)cc1. The first-order valence-electron chi connectivity index (χ1n) is 7.98. The van der Waals surface area contributed by atoms with Gasteiger partial charge in [0.2, 0.25) is 0 Å². The molecule has 0 radical (unpaired) electrons. The Bertz CT molecular complexity index is 799. The Kier molecular flexibility index (Phi) is 4.03. The number of rotatable bonds is 3. The van der Waals surface area contributed by atoms with Crippen LogP contribution in [0.1, 0.15) is 24.2 Å². The highest BCUT2D eigenvalue weighted by Crippen LogP contribution is 2.29. The molecule has 0 bridgehead atoms. The zero-order chi connectivity index (χ0) is 16.5. The molecule has 0 N–H and O–H groups in total. The van der Waals surface area contributed by atoms with Crippen LogP contribution < -0.4 is 4.90 Å². The van der Waals surface area contributed by atoms with Gasteiger partial charge in [-0.15, -0.1) is 0 Å². The van der Waals surface area contributed by atoms with E-state index in [9.17, 15) is 0 Å². The molecule has 2 unspecified atom stereocenters. The van der Waals surface area contributed by atoms with Crippen molar-refractivity contribution in [2.45, 2.75) is 26.1 Å². The number of hydrogen-bond acceptors (Lipinski definition) is 6. The van der Waals surface area contributed by atoms with Crippen LogP contribution in [0, 0.1) is 6.92 Å². The smallest absolute Gasteiger partial charge is 0.250 e. The fourth-order valence-corrected chi connectivity index (χ4v) is 3.69. The second-order valence-electron chi connectivity index (χ2n) is 6.12. The highest BCUT2D eigenvalue weighted by molar-refractivity contribution is 7.07. The Hall–Kier alpha value is -2.25. The minimum atomic E-state index is 0.0446. The number of morpholine rings is 1. The van der Waals surface area contributed by atoms with Crippen molar-refractivity contribution < 1.29 is 4.74 Å². The monoisotopic (exact) mass is 341 g/mol. The molecule has 1 fully saturated rings. The number of anilines is 1. The predicted molar refractivity (Wildman–Crippen MR) is 93.7 cm³/mol. The van der Waals surface area contributed by atoms with E-state index >= 15 is 0 Å². The Morgan fingerprint density at radius 1 is 1.17 bits per heavy atom. The topological polar surface area (TPSA) is 56.1 Å². The minimum Gasteiger partial charge on any atom is -0.367 e. The average Bonchev–Trinajstić information content (AvgIpc) is 3.27. The Balaban J connectivity index is 1.64. The molecule has 0 aliphatic carbocycles. The molecule has 3 heterocycles. The van der Waals surface area contributed by atoms with E-state index in [1.54, 1.807) is 16.0 Å². The number of benzene rings is 1. The van der Waals surface area contributed by atoms with E-state index in [0.717, 1.165) is 24.7 Å². The molecule has 1 aliphatic heterocycles. The average molecular weight is 341 g/mol. The van der Waals surface area contributed by atoms with E-state index in [1.807, 2.05) is 12.1 Å². The van der Waals surface area contributed by atoms with Crippen molar-refractivity contribution in [2.24, 2.45) is 0 Å². The van der Waals surface area contributed by atoms with Gasteiger partial charge < -0.3 is 9.64 Å². The van der Waals surface area contributed by atoms with Crippen LogP contribution in [-0.2, 0) is 4.74 Å². The molecule has 2 aromatic heterocycles. The highest BCUT2D eigenvalue weighted by atomic mass is 32.1. The maximum atomic E-state index is 6.11. The lowest BCUT2D eigenvalue weighted by Crippen LogP contribution is -2.44. The maximum Gasteiger partial charge on any atom is 0.250 e. The van der Waals surface area contributed by atoms with Gasteiger partial charge in [-0.05, 0) is 58.8 Å². The quantitative estimate of drug-likeness (QED) is 0.733. The van der Waals surface area contributed by atoms with Gasteiger partial charge >= 0.3 is 0 Å². The molecule has 2 atom stereocenters. The van der Waals surface area contributed by atoms with Gasteiger partial charge in [0, 0.05) is 6.54 Å². The summed E-state index contributed by atoms with van der Waals surface area (Å²) in [7, 11) is 0. The third kappa shape index (κ3) is 2.92. The third-order valence-electron chi connectivity index (χ3n) is 4.19. The van der Waals surface area contributed by atoms with Gasteiger partial charge in [0.05, 0.1) is 18.3 Å². The number of tetrazole rings is 1. The molecule has 1 saturated heterocycles. The van der Waals surface area contributed by atoms with Crippen LogP contribution in [0.25, 0.3) is 5.69 Å². The van der Waals surface area contributed by atoms with E-state index in [4.69, 9.17) is 4.74 Å². The van der Waals surface area contributed by atoms with Gasteiger partial charge in [-0.1, -0.05) is 22.8 Å². The summed E-state index contributed by atoms with van der Waals surface area (Å²) in [6, 6.07) is 10.3. The van der Waals surface area contributed by atoms with Crippen LogP contribution in [0.5, 0.6) is 0 Å². The van der Waals surface area contributed by atoms with Gasteiger partial charge in [-0.25, -0.2) is 0 Å². The Morgan fingerprint density at radius 3 is 2.75 bits per heavy atom. The van der Waals surface area contributed by atoms with Gasteiger partial charge in [-0.3, -0.25) is 0 Å². The first-order valence-corrected chi connectivity index (χ1v) is 8.93. The third-order valence-corrected chi connectivity index (χ3v) is 4.89. The molecular formula is C17H19N5OS. The summed E-state index contributed by atoms with van der Waals surface area (Å²) < 4.78 is 7.90. The fraction of sp³-hybridized carbons (Fsp3) is 0.353. The molecular weight excluding hydrogens is 322 g/mol. The number of aryl methyl sites for hydroxylation is 1. The van der Waals surface area contributed by atoms with Crippen LogP contribution in [0.2, 0.25) is 0 Å². The zero-order valence-electron chi connectivity index (χ0n) is 13.7. The normalized spacial score (nSPS) is 21.2. The van der Waals surface area contributed by atoms with Crippen molar-refractivity contribution in [3.8, 4) is 5.69 Å². The Labute approximate surface area is 144 Å². The number of thiophene rings is 1. The van der Waals surface area contributed by atoms with Crippen molar-refractivity contribution in [3.05, 3.63) is 52.2 Å².